The zero-order valence-corrected chi connectivity index (χ0v) is 10.3. The SMILES string of the molecule is C[C@H](Oc1ccc(C#N)cc1)C(=O)Nc1ccn[nH]1. The van der Waals surface area contributed by atoms with Crippen molar-refractivity contribution in [3.63, 3.8) is 0 Å². The number of aromatic nitrogens is 2. The van der Waals surface area contributed by atoms with Crippen molar-refractivity contribution in [2.24, 2.45) is 0 Å². The van der Waals surface area contributed by atoms with Crippen LogP contribution in [0.2, 0.25) is 0 Å². The van der Waals surface area contributed by atoms with Gasteiger partial charge in [0, 0.05) is 6.07 Å². The fourth-order valence-electron chi connectivity index (χ4n) is 1.43. The Bertz CT molecular complexity index is 584. The summed E-state index contributed by atoms with van der Waals surface area (Å²) in [5, 5.41) is 17.7. The van der Waals surface area contributed by atoms with Gasteiger partial charge in [0.2, 0.25) is 0 Å². The number of hydrogen-bond donors (Lipinski definition) is 2. The highest BCUT2D eigenvalue weighted by Gasteiger charge is 2.15. The first-order valence-electron chi connectivity index (χ1n) is 5.66. The molecule has 0 bridgehead atoms. The molecule has 0 aliphatic heterocycles. The minimum Gasteiger partial charge on any atom is -0.481 e. The molecule has 6 heteroatoms. The summed E-state index contributed by atoms with van der Waals surface area (Å²) in [6.07, 6.45) is 0.887. The largest absolute Gasteiger partial charge is 0.481 e. The summed E-state index contributed by atoms with van der Waals surface area (Å²) in [4.78, 5) is 11.8. The highest BCUT2D eigenvalue weighted by molar-refractivity contribution is 5.93. The Kier molecular flexibility index (Phi) is 3.78. The van der Waals surface area contributed by atoms with E-state index >= 15 is 0 Å². The number of amides is 1. The number of carbonyl (C=O) groups excluding carboxylic acids is 1. The van der Waals surface area contributed by atoms with E-state index in [4.69, 9.17) is 10.00 Å². The van der Waals surface area contributed by atoms with Crippen molar-refractivity contribution in [3.05, 3.63) is 42.1 Å². The maximum atomic E-state index is 11.8. The summed E-state index contributed by atoms with van der Waals surface area (Å²) in [6.45, 7) is 1.64. The molecular formula is C13H12N4O2. The molecule has 1 aromatic heterocycles. The molecular weight excluding hydrogens is 244 g/mol. The van der Waals surface area contributed by atoms with Crippen molar-refractivity contribution in [2.75, 3.05) is 5.32 Å². The van der Waals surface area contributed by atoms with Crippen LogP contribution in [-0.4, -0.2) is 22.2 Å². The van der Waals surface area contributed by atoms with Crippen LogP contribution in [0.5, 0.6) is 5.75 Å². The second-order valence-corrected chi connectivity index (χ2v) is 3.86. The minimum absolute atomic E-state index is 0.284. The first-order chi connectivity index (χ1) is 9.19. The van der Waals surface area contributed by atoms with E-state index in [0.717, 1.165) is 0 Å². The van der Waals surface area contributed by atoms with Gasteiger partial charge < -0.3 is 10.1 Å². The summed E-state index contributed by atoms with van der Waals surface area (Å²) >= 11 is 0. The van der Waals surface area contributed by atoms with Gasteiger partial charge in [-0.15, -0.1) is 0 Å². The number of ether oxygens (including phenoxy) is 1. The second-order valence-electron chi connectivity index (χ2n) is 3.86. The number of nitrogens with zero attached hydrogens (tertiary/aromatic N) is 2. The van der Waals surface area contributed by atoms with Gasteiger partial charge in [0.15, 0.2) is 6.10 Å². The van der Waals surface area contributed by atoms with E-state index < -0.39 is 6.10 Å². The number of nitrogens with one attached hydrogen (secondary N) is 2. The number of nitriles is 1. The Labute approximate surface area is 110 Å². The molecule has 96 valence electrons. The molecule has 2 rings (SSSR count). The Morgan fingerprint density at radius 1 is 1.42 bits per heavy atom. The van der Waals surface area contributed by atoms with E-state index in [-0.39, 0.29) is 5.91 Å². The predicted octanol–water partition coefficient (Wildman–Crippen LogP) is 1.69. The van der Waals surface area contributed by atoms with Gasteiger partial charge in [0.25, 0.3) is 5.91 Å². The van der Waals surface area contributed by atoms with E-state index in [1.54, 1.807) is 43.5 Å². The maximum absolute atomic E-state index is 11.8. The highest BCUT2D eigenvalue weighted by Crippen LogP contribution is 2.14. The third-order valence-electron chi connectivity index (χ3n) is 2.42. The summed E-state index contributed by atoms with van der Waals surface area (Å²) in [5.74, 6) is 0.764. The molecule has 2 aromatic rings. The van der Waals surface area contributed by atoms with Crippen LogP contribution in [-0.2, 0) is 4.79 Å². The van der Waals surface area contributed by atoms with Crippen molar-refractivity contribution in [1.82, 2.24) is 10.2 Å². The third kappa shape index (κ3) is 3.33. The second kappa shape index (κ2) is 5.69. The molecule has 6 nitrogen and oxygen atoms in total. The lowest BCUT2D eigenvalue weighted by Crippen LogP contribution is -2.30. The molecule has 1 aromatic carbocycles. The van der Waals surface area contributed by atoms with Crippen LogP contribution in [0.15, 0.2) is 36.5 Å². The Balaban J connectivity index is 1.94. The lowest BCUT2D eigenvalue weighted by molar-refractivity contribution is -0.122. The summed E-state index contributed by atoms with van der Waals surface area (Å²) in [6, 6.07) is 10.2. The van der Waals surface area contributed by atoms with E-state index in [0.29, 0.717) is 17.1 Å². The fourth-order valence-corrected chi connectivity index (χ4v) is 1.43. The Morgan fingerprint density at radius 2 is 2.16 bits per heavy atom. The molecule has 0 saturated heterocycles. The summed E-state index contributed by atoms with van der Waals surface area (Å²) < 4.78 is 5.47. The molecule has 1 atom stereocenters. The minimum atomic E-state index is -0.656. The van der Waals surface area contributed by atoms with Gasteiger partial charge in [-0.3, -0.25) is 9.89 Å². The molecule has 0 aliphatic carbocycles. The van der Waals surface area contributed by atoms with Crippen LogP contribution >= 0.6 is 0 Å². The molecule has 1 amide bonds. The summed E-state index contributed by atoms with van der Waals surface area (Å²) in [5.41, 5.74) is 0.543. The van der Waals surface area contributed by atoms with E-state index in [1.807, 2.05) is 6.07 Å². The van der Waals surface area contributed by atoms with Crippen molar-refractivity contribution >= 4 is 11.7 Å². The number of H-pyrrole nitrogens is 1. The molecule has 19 heavy (non-hydrogen) atoms. The van der Waals surface area contributed by atoms with Crippen molar-refractivity contribution in [3.8, 4) is 11.8 Å². The lowest BCUT2D eigenvalue weighted by atomic mass is 10.2. The molecule has 0 aliphatic rings. The smallest absolute Gasteiger partial charge is 0.266 e. The number of rotatable bonds is 4. The quantitative estimate of drug-likeness (QED) is 0.870. The predicted molar refractivity (Wildman–Crippen MR) is 68.5 cm³/mol. The van der Waals surface area contributed by atoms with Crippen LogP contribution in [0.25, 0.3) is 0 Å². The van der Waals surface area contributed by atoms with Gasteiger partial charge in [-0.2, -0.15) is 10.4 Å². The summed E-state index contributed by atoms with van der Waals surface area (Å²) in [7, 11) is 0. The third-order valence-corrected chi connectivity index (χ3v) is 2.42. The van der Waals surface area contributed by atoms with Gasteiger partial charge in [-0.25, -0.2) is 0 Å². The highest BCUT2D eigenvalue weighted by atomic mass is 16.5. The van der Waals surface area contributed by atoms with E-state index in [2.05, 4.69) is 15.5 Å². The van der Waals surface area contributed by atoms with E-state index in [1.165, 1.54) is 0 Å². The molecule has 1 heterocycles. The number of hydrogen-bond acceptors (Lipinski definition) is 4. The first kappa shape index (κ1) is 12.6. The van der Waals surface area contributed by atoms with Gasteiger partial charge in [-0.05, 0) is 31.2 Å². The number of aromatic amines is 1. The molecule has 0 spiro atoms. The Morgan fingerprint density at radius 3 is 2.74 bits per heavy atom. The number of anilines is 1. The van der Waals surface area contributed by atoms with Gasteiger partial charge in [-0.1, -0.05) is 0 Å². The molecule has 0 radical (unpaired) electrons. The molecule has 0 unspecified atom stereocenters. The monoisotopic (exact) mass is 256 g/mol. The standard InChI is InChI=1S/C13H12N4O2/c1-9(13(18)16-12-6-7-15-17-12)19-11-4-2-10(8-14)3-5-11/h2-7,9H,1H3,(H2,15,16,17,18)/t9-/m0/s1. The van der Waals surface area contributed by atoms with Gasteiger partial charge in [0.1, 0.15) is 11.6 Å². The average Bonchev–Trinajstić information content (AvgIpc) is 2.92. The van der Waals surface area contributed by atoms with Crippen molar-refractivity contribution in [1.29, 1.82) is 5.26 Å². The average molecular weight is 256 g/mol. The van der Waals surface area contributed by atoms with Gasteiger partial charge >= 0.3 is 0 Å². The fraction of sp³-hybridized carbons (Fsp3) is 0.154. The zero-order chi connectivity index (χ0) is 13.7. The molecule has 0 fully saturated rings. The van der Waals surface area contributed by atoms with Crippen LogP contribution in [0, 0.1) is 11.3 Å². The van der Waals surface area contributed by atoms with Crippen LogP contribution in [0.4, 0.5) is 5.82 Å². The lowest BCUT2D eigenvalue weighted by Gasteiger charge is -2.13. The molecule has 2 N–H and O–H groups in total. The van der Waals surface area contributed by atoms with Crippen molar-refractivity contribution < 1.29 is 9.53 Å². The van der Waals surface area contributed by atoms with Crippen molar-refractivity contribution in [2.45, 2.75) is 13.0 Å². The maximum Gasteiger partial charge on any atom is 0.266 e. The van der Waals surface area contributed by atoms with Gasteiger partial charge in [0.05, 0.1) is 17.8 Å². The zero-order valence-electron chi connectivity index (χ0n) is 10.3. The topological polar surface area (TPSA) is 90.8 Å². The van der Waals surface area contributed by atoms with Crippen LogP contribution in [0.3, 0.4) is 0 Å². The van der Waals surface area contributed by atoms with E-state index in [9.17, 15) is 4.79 Å². The number of benzene rings is 1. The normalized spacial score (nSPS) is 11.4. The van der Waals surface area contributed by atoms with Crippen LogP contribution in [0.1, 0.15) is 12.5 Å². The van der Waals surface area contributed by atoms with Crippen LogP contribution < -0.4 is 10.1 Å². The number of carbonyl (C=O) groups is 1. The Hall–Kier alpha value is -2.81. The molecule has 0 saturated carbocycles. The first-order valence-corrected chi connectivity index (χ1v) is 5.66.